The van der Waals surface area contributed by atoms with E-state index in [4.69, 9.17) is 10.7 Å². The number of halogens is 2. The number of aromatic nitrogens is 1. The molecule has 0 saturated carbocycles. The average molecular weight is 226 g/mol. The van der Waals surface area contributed by atoms with Crippen LogP contribution in [0.5, 0.6) is 5.75 Å². The van der Waals surface area contributed by atoms with Crippen LogP contribution in [0.2, 0.25) is 0 Å². The Morgan fingerprint density at radius 2 is 2.23 bits per heavy atom. The van der Waals surface area contributed by atoms with Crippen molar-refractivity contribution in [2.75, 3.05) is 7.11 Å². The van der Waals surface area contributed by atoms with Gasteiger partial charge in [-0.3, -0.25) is 0 Å². The van der Waals surface area contributed by atoms with Gasteiger partial charge in [0.25, 0.3) is 9.05 Å². The maximum atomic E-state index is 12.7. The fraction of sp³-hybridized carbons (Fsp3) is 0.167. The Labute approximate surface area is 78.7 Å². The van der Waals surface area contributed by atoms with Crippen molar-refractivity contribution in [3.63, 3.8) is 0 Å². The first-order valence-electron chi connectivity index (χ1n) is 3.09. The Bertz CT molecular complexity index is 420. The Kier molecular flexibility index (Phi) is 2.72. The van der Waals surface area contributed by atoms with Gasteiger partial charge in [0.15, 0.2) is 16.6 Å². The Hall–Kier alpha value is -0.880. The highest BCUT2D eigenvalue weighted by atomic mass is 35.7. The minimum atomic E-state index is -3.94. The van der Waals surface area contributed by atoms with E-state index in [1.54, 1.807) is 0 Å². The van der Waals surface area contributed by atoms with E-state index in [1.165, 1.54) is 7.11 Å². The summed E-state index contributed by atoms with van der Waals surface area (Å²) in [5, 5.41) is -0.438. The predicted octanol–water partition coefficient (Wildman–Crippen LogP) is 1.16. The first kappa shape index (κ1) is 10.2. The number of pyridine rings is 1. The molecule has 0 atom stereocenters. The molecular formula is C6H5ClFNO3S. The zero-order valence-electron chi connectivity index (χ0n) is 6.49. The molecule has 13 heavy (non-hydrogen) atoms. The van der Waals surface area contributed by atoms with Crippen LogP contribution in [-0.4, -0.2) is 20.5 Å². The molecule has 0 aliphatic carbocycles. The summed E-state index contributed by atoms with van der Waals surface area (Å²) < 4.78 is 38.7. The SMILES string of the molecule is COc1cc(S(=O)(=O)Cl)ncc1F. The fourth-order valence-electron chi connectivity index (χ4n) is 0.692. The summed E-state index contributed by atoms with van der Waals surface area (Å²) in [6.45, 7) is 0. The molecule has 0 N–H and O–H groups in total. The van der Waals surface area contributed by atoms with Gasteiger partial charge in [0.05, 0.1) is 13.3 Å². The topological polar surface area (TPSA) is 56.3 Å². The quantitative estimate of drug-likeness (QED) is 0.709. The highest BCUT2D eigenvalue weighted by Crippen LogP contribution is 2.20. The maximum Gasteiger partial charge on any atom is 0.278 e. The molecule has 0 radical (unpaired) electrons. The van der Waals surface area contributed by atoms with Crippen LogP contribution in [0.4, 0.5) is 4.39 Å². The van der Waals surface area contributed by atoms with Crippen LogP contribution in [0.1, 0.15) is 0 Å². The summed E-state index contributed by atoms with van der Waals surface area (Å²) in [5.74, 6) is -0.958. The molecule has 72 valence electrons. The molecule has 0 aromatic carbocycles. The van der Waals surface area contributed by atoms with Gasteiger partial charge in [-0.25, -0.2) is 17.8 Å². The lowest BCUT2D eigenvalue weighted by molar-refractivity contribution is 0.383. The summed E-state index contributed by atoms with van der Waals surface area (Å²) in [7, 11) is 2.25. The molecule has 0 saturated heterocycles. The van der Waals surface area contributed by atoms with Crippen molar-refractivity contribution in [2.45, 2.75) is 5.03 Å². The number of hydrogen-bond donors (Lipinski definition) is 0. The van der Waals surface area contributed by atoms with Crippen molar-refractivity contribution in [1.29, 1.82) is 0 Å². The van der Waals surface area contributed by atoms with E-state index < -0.39 is 19.9 Å². The fourth-order valence-corrected chi connectivity index (χ4v) is 1.37. The van der Waals surface area contributed by atoms with E-state index in [0.717, 1.165) is 12.3 Å². The second-order valence-electron chi connectivity index (χ2n) is 2.09. The minimum absolute atomic E-state index is 0.214. The lowest BCUT2D eigenvalue weighted by atomic mass is 10.4. The van der Waals surface area contributed by atoms with E-state index in [9.17, 15) is 12.8 Å². The third kappa shape index (κ3) is 2.28. The highest BCUT2D eigenvalue weighted by molar-refractivity contribution is 8.13. The molecule has 0 fully saturated rings. The Morgan fingerprint density at radius 1 is 1.62 bits per heavy atom. The van der Waals surface area contributed by atoms with Crippen LogP contribution in [0.3, 0.4) is 0 Å². The van der Waals surface area contributed by atoms with Crippen LogP contribution < -0.4 is 4.74 Å². The van der Waals surface area contributed by atoms with Gasteiger partial charge in [-0.2, -0.15) is 0 Å². The van der Waals surface area contributed by atoms with Crippen molar-refractivity contribution >= 4 is 19.7 Å². The molecule has 0 aliphatic rings. The molecule has 1 heterocycles. The van der Waals surface area contributed by atoms with Crippen LogP contribution in [0.15, 0.2) is 17.3 Å². The van der Waals surface area contributed by atoms with E-state index in [1.807, 2.05) is 0 Å². The third-order valence-corrected chi connectivity index (χ3v) is 2.46. The molecule has 4 nitrogen and oxygen atoms in total. The third-order valence-electron chi connectivity index (χ3n) is 1.26. The summed E-state index contributed by atoms with van der Waals surface area (Å²) in [6, 6.07) is 0.914. The van der Waals surface area contributed by atoms with Crippen molar-refractivity contribution in [3.8, 4) is 5.75 Å². The molecule has 1 aromatic rings. The van der Waals surface area contributed by atoms with Gasteiger partial charge in [-0.1, -0.05) is 0 Å². The lowest BCUT2D eigenvalue weighted by Gasteiger charge is -2.01. The molecule has 0 spiro atoms. The van der Waals surface area contributed by atoms with Crippen molar-refractivity contribution in [3.05, 3.63) is 18.1 Å². The second kappa shape index (κ2) is 3.47. The van der Waals surface area contributed by atoms with Gasteiger partial charge >= 0.3 is 0 Å². The summed E-state index contributed by atoms with van der Waals surface area (Å²) >= 11 is 0. The Morgan fingerprint density at radius 3 is 2.69 bits per heavy atom. The Balaban J connectivity index is 3.30. The highest BCUT2D eigenvalue weighted by Gasteiger charge is 2.14. The molecule has 1 aromatic heterocycles. The largest absolute Gasteiger partial charge is 0.494 e. The molecule has 0 aliphatic heterocycles. The standard InChI is InChI=1S/C6H5ClFNO3S/c1-12-5-2-6(13(7,10)11)9-3-4(5)8/h2-3H,1H3. The number of rotatable bonds is 2. The molecule has 0 unspecified atom stereocenters. The van der Waals surface area contributed by atoms with Crippen molar-refractivity contribution in [1.82, 2.24) is 4.98 Å². The van der Waals surface area contributed by atoms with E-state index in [0.29, 0.717) is 0 Å². The smallest absolute Gasteiger partial charge is 0.278 e. The van der Waals surface area contributed by atoms with Gasteiger partial charge < -0.3 is 4.74 Å². The molecule has 7 heteroatoms. The van der Waals surface area contributed by atoms with Gasteiger partial charge in [-0.05, 0) is 0 Å². The molecule has 0 bridgehead atoms. The minimum Gasteiger partial charge on any atom is -0.494 e. The average Bonchev–Trinajstić information content (AvgIpc) is 2.03. The number of ether oxygens (including phenoxy) is 1. The maximum absolute atomic E-state index is 12.7. The predicted molar refractivity (Wildman–Crippen MR) is 43.8 cm³/mol. The van der Waals surface area contributed by atoms with E-state index >= 15 is 0 Å². The van der Waals surface area contributed by atoms with Gasteiger partial charge in [0, 0.05) is 16.7 Å². The summed E-state index contributed by atoms with van der Waals surface area (Å²) in [5.41, 5.74) is 0. The van der Waals surface area contributed by atoms with Crippen LogP contribution in [-0.2, 0) is 9.05 Å². The summed E-state index contributed by atoms with van der Waals surface area (Å²) in [4.78, 5) is 3.28. The summed E-state index contributed by atoms with van der Waals surface area (Å²) in [6.07, 6.45) is 0.730. The first-order chi connectivity index (χ1) is 5.95. The van der Waals surface area contributed by atoms with Crippen molar-refractivity contribution < 1.29 is 17.5 Å². The molecule has 0 amide bonds. The zero-order chi connectivity index (χ0) is 10.1. The second-order valence-corrected chi connectivity index (χ2v) is 4.61. The van der Waals surface area contributed by atoms with Crippen LogP contribution in [0, 0.1) is 5.82 Å². The van der Waals surface area contributed by atoms with Gasteiger partial charge in [0.2, 0.25) is 0 Å². The monoisotopic (exact) mass is 225 g/mol. The van der Waals surface area contributed by atoms with E-state index in [-0.39, 0.29) is 5.75 Å². The number of methoxy groups -OCH3 is 1. The zero-order valence-corrected chi connectivity index (χ0v) is 8.06. The van der Waals surface area contributed by atoms with Gasteiger partial charge in [-0.15, -0.1) is 0 Å². The first-order valence-corrected chi connectivity index (χ1v) is 5.40. The molecular weight excluding hydrogens is 221 g/mol. The normalized spacial score (nSPS) is 11.3. The van der Waals surface area contributed by atoms with Gasteiger partial charge in [0.1, 0.15) is 0 Å². The lowest BCUT2D eigenvalue weighted by Crippen LogP contribution is -1.97. The van der Waals surface area contributed by atoms with E-state index in [2.05, 4.69) is 9.72 Å². The van der Waals surface area contributed by atoms with Crippen LogP contribution >= 0.6 is 10.7 Å². The van der Waals surface area contributed by atoms with Crippen LogP contribution in [0.25, 0.3) is 0 Å². The number of nitrogens with zero attached hydrogens (tertiary/aromatic N) is 1. The molecule has 1 rings (SSSR count). The van der Waals surface area contributed by atoms with Crippen molar-refractivity contribution in [2.24, 2.45) is 0 Å². The number of hydrogen-bond acceptors (Lipinski definition) is 4.